The highest BCUT2D eigenvalue weighted by Crippen LogP contribution is 2.20. The number of carboxylic acids is 1. The van der Waals surface area contributed by atoms with E-state index >= 15 is 0 Å². The molecule has 0 aliphatic heterocycles. The first-order chi connectivity index (χ1) is 9.79. The minimum absolute atomic E-state index is 0.0690. The fourth-order valence-electron chi connectivity index (χ4n) is 1.79. The molecule has 0 amide bonds. The third-order valence-electron chi connectivity index (χ3n) is 2.88. The van der Waals surface area contributed by atoms with Gasteiger partial charge in [0.15, 0.2) is 5.03 Å². The van der Waals surface area contributed by atoms with E-state index in [1.165, 1.54) is 6.07 Å². The Hall–Kier alpha value is -2.41. The van der Waals surface area contributed by atoms with E-state index in [2.05, 4.69) is 9.71 Å². The fraction of sp³-hybridized carbons (Fsp3) is 0.143. The molecule has 1 aromatic heterocycles. The summed E-state index contributed by atoms with van der Waals surface area (Å²) < 4.78 is 26.8. The number of aromatic nitrogens is 1. The van der Waals surface area contributed by atoms with E-state index in [1.54, 1.807) is 19.1 Å². The molecule has 6 nitrogen and oxygen atoms in total. The Balaban J connectivity index is 2.31. The number of hydrogen-bond donors (Lipinski definition) is 2. The van der Waals surface area contributed by atoms with Crippen LogP contribution < -0.4 is 4.72 Å². The van der Waals surface area contributed by atoms with Crippen molar-refractivity contribution < 1.29 is 18.3 Å². The van der Waals surface area contributed by atoms with Crippen LogP contribution in [-0.4, -0.2) is 24.5 Å². The van der Waals surface area contributed by atoms with Gasteiger partial charge in [-0.1, -0.05) is 17.7 Å². The normalized spacial score (nSPS) is 11.1. The van der Waals surface area contributed by atoms with Crippen molar-refractivity contribution in [1.29, 1.82) is 0 Å². The molecule has 2 aromatic rings. The fourth-order valence-corrected chi connectivity index (χ4v) is 2.85. The number of anilines is 1. The summed E-state index contributed by atoms with van der Waals surface area (Å²) in [6.45, 7) is 3.71. The maximum atomic E-state index is 12.2. The minimum Gasteiger partial charge on any atom is -0.478 e. The van der Waals surface area contributed by atoms with Crippen molar-refractivity contribution in [2.75, 3.05) is 4.72 Å². The number of sulfonamides is 1. The molecule has 0 unspecified atom stereocenters. The molecule has 0 aliphatic carbocycles. The lowest BCUT2D eigenvalue weighted by molar-refractivity contribution is 0.0696. The molecule has 21 heavy (non-hydrogen) atoms. The second-order valence-electron chi connectivity index (χ2n) is 4.61. The predicted octanol–water partition coefficient (Wildman–Crippen LogP) is 2.20. The number of aryl methyl sites for hydroxylation is 2. The molecule has 1 heterocycles. The van der Waals surface area contributed by atoms with E-state index < -0.39 is 16.0 Å². The summed E-state index contributed by atoms with van der Waals surface area (Å²) in [5.74, 6) is -1.16. The molecule has 0 aliphatic rings. The monoisotopic (exact) mass is 306 g/mol. The predicted molar refractivity (Wildman–Crippen MR) is 77.9 cm³/mol. The molecule has 0 saturated heterocycles. The number of nitrogens with zero attached hydrogens (tertiary/aromatic N) is 1. The van der Waals surface area contributed by atoms with Crippen molar-refractivity contribution in [2.24, 2.45) is 0 Å². The van der Waals surface area contributed by atoms with Crippen molar-refractivity contribution in [3.63, 3.8) is 0 Å². The minimum atomic E-state index is -3.85. The summed E-state index contributed by atoms with van der Waals surface area (Å²) in [4.78, 5) is 14.4. The van der Waals surface area contributed by atoms with Crippen LogP contribution in [0.4, 0.5) is 5.69 Å². The average Bonchev–Trinajstić information content (AvgIpc) is 2.42. The van der Waals surface area contributed by atoms with E-state index in [4.69, 9.17) is 5.11 Å². The molecule has 0 spiro atoms. The average molecular weight is 306 g/mol. The van der Waals surface area contributed by atoms with Crippen molar-refractivity contribution >= 4 is 21.7 Å². The van der Waals surface area contributed by atoms with Crippen LogP contribution in [0.2, 0.25) is 0 Å². The van der Waals surface area contributed by atoms with Crippen molar-refractivity contribution in [3.05, 3.63) is 53.2 Å². The Labute approximate surface area is 122 Å². The summed E-state index contributed by atoms with van der Waals surface area (Å²) in [5, 5.41) is 8.54. The molecule has 0 radical (unpaired) electrons. The Bertz CT molecular complexity index is 783. The molecule has 110 valence electrons. The van der Waals surface area contributed by atoms with E-state index in [0.29, 0.717) is 5.69 Å². The van der Waals surface area contributed by atoms with Crippen LogP contribution in [0, 0.1) is 13.8 Å². The van der Waals surface area contributed by atoms with E-state index in [0.717, 1.165) is 23.4 Å². The molecule has 2 rings (SSSR count). The number of nitrogens with one attached hydrogen (secondary N) is 1. The topological polar surface area (TPSA) is 96.4 Å². The van der Waals surface area contributed by atoms with E-state index in [9.17, 15) is 13.2 Å². The van der Waals surface area contributed by atoms with Gasteiger partial charge in [-0.2, -0.15) is 8.42 Å². The van der Waals surface area contributed by atoms with Gasteiger partial charge in [0.25, 0.3) is 10.0 Å². The van der Waals surface area contributed by atoms with Gasteiger partial charge >= 0.3 is 5.97 Å². The van der Waals surface area contributed by atoms with Gasteiger partial charge in [-0.05, 0) is 37.6 Å². The second-order valence-corrected chi connectivity index (χ2v) is 6.24. The Morgan fingerprint density at radius 1 is 1.19 bits per heavy atom. The number of carbonyl (C=O) groups is 1. The maximum Gasteiger partial charge on any atom is 0.337 e. The number of aromatic carboxylic acids is 1. The molecular weight excluding hydrogens is 292 g/mol. The number of carboxylic acid groups (broad SMARTS) is 1. The highest BCUT2D eigenvalue weighted by Gasteiger charge is 2.17. The van der Waals surface area contributed by atoms with Crippen molar-refractivity contribution in [1.82, 2.24) is 4.98 Å². The number of hydrogen-bond acceptors (Lipinski definition) is 4. The number of benzene rings is 1. The van der Waals surface area contributed by atoms with Gasteiger partial charge in [0.2, 0.25) is 0 Å². The third kappa shape index (κ3) is 3.38. The molecule has 7 heteroatoms. The molecular formula is C14H14N2O4S. The van der Waals surface area contributed by atoms with Gasteiger partial charge in [-0.3, -0.25) is 4.72 Å². The van der Waals surface area contributed by atoms with Gasteiger partial charge < -0.3 is 5.11 Å². The lowest BCUT2D eigenvalue weighted by Gasteiger charge is -2.10. The summed E-state index contributed by atoms with van der Waals surface area (Å²) in [5.41, 5.74) is 2.21. The second kappa shape index (κ2) is 5.53. The third-order valence-corrected chi connectivity index (χ3v) is 4.17. The zero-order valence-corrected chi connectivity index (χ0v) is 12.3. The lowest BCUT2D eigenvalue weighted by Crippen LogP contribution is -2.15. The lowest BCUT2D eigenvalue weighted by atomic mass is 10.1. The van der Waals surface area contributed by atoms with Crippen LogP contribution in [0.1, 0.15) is 21.5 Å². The zero-order valence-electron chi connectivity index (χ0n) is 11.5. The van der Waals surface area contributed by atoms with Crippen LogP contribution in [0.5, 0.6) is 0 Å². The Morgan fingerprint density at radius 2 is 1.90 bits per heavy atom. The standard InChI is InChI=1S/C14H14N2O4S/c1-9-3-5-12(10(2)7-9)16-21(19,20)13-6-4-11(8-15-13)14(17)18/h3-8,16H,1-2H3,(H,17,18). The molecule has 0 bridgehead atoms. The first kappa shape index (κ1) is 15.0. The van der Waals surface area contributed by atoms with Crippen molar-refractivity contribution in [2.45, 2.75) is 18.9 Å². The Kier molecular flexibility index (Phi) is 3.95. The summed E-state index contributed by atoms with van der Waals surface area (Å²) in [7, 11) is -3.85. The van der Waals surface area contributed by atoms with Gasteiger partial charge in [0.05, 0.1) is 11.3 Å². The summed E-state index contributed by atoms with van der Waals surface area (Å²) in [6, 6.07) is 7.69. The van der Waals surface area contributed by atoms with Gasteiger partial charge in [-0.15, -0.1) is 0 Å². The molecule has 1 aromatic carbocycles. The van der Waals surface area contributed by atoms with Crippen LogP contribution in [-0.2, 0) is 10.0 Å². The van der Waals surface area contributed by atoms with Gasteiger partial charge in [0.1, 0.15) is 0 Å². The van der Waals surface area contributed by atoms with E-state index in [-0.39, 0.29) is 10.6 Å². The van der Waals surface area contributed by atoms with Crippen LogP contribution in [0.15, 0.2) is 41.6 Å². The van der Waals surface area contributed by atoms with Gasteiger partial charge in [0, 0.05) is 6.20 Å². The zero-order chi connectivity index (χ0) is 15.6. The van der Waals surface area contributed by atoms with Gasteiger partial charge in [-0.25, -0.2) is 9.78 Å². The van der Waals surface area contributed by atoms with Crippen molar-refractivity contribution in [3.8, 4) is 0 Å². The molecule has 0 fully saturated rings. The van der Waals surface area contributed by atoms with Crippen LogP contribution >= 0.6 is 0 Å². The highest BCUT2D eigenvalue weighted by molar-refractivity contribution is 7.92. The Morgan fingerprint density at radius 3 is 2.43 bits per heavy atom. The highest BCUT2D eigenvalue weighted by atomic mass is 32.2. The van der Waals surface area contributed by atoms with E-state index in [1.807, 2.05) is 13.0 Å². The molecule has 0 atom stereocenters. The first-order valence-electron chi connectivity index (χ1n) is 6.09. The summed E-state index contributed by atoms with van der Waals surface area (Å²) in [6.07, 6.45) is 1.01. The quantitative estimate of drug-likeness (QED) is 0.902. The summed E-state index contributed by atoms with van der Waals surface area (Å²) >= 11 is 0. The molecule has 0 saturated carbocycles. The smallest absolute Gasteiger partial charge is 0.337 e. The van der Waals surface area contributed by atoms with Crippen LogP contribution in [0.25, 0.3) is 0 Å². The molecule has 2 N–H and O–H groups in total. The number of pyridine rings is 1. The SMILES string of the molecule is Cc1ccc(NS(=O)(=O)c2ccc(C(=O)O)cn2)c(C)c1. The maximum absolute atomic E-state index is 12.2. The largest absolute Gasteiger partial charge is 0.478 e. The first-order valence-corrected chi connectivity index (χ1v) is 7.57. The van der Waals surface area contributed by atoms with Crippen LogP contribution in [0.3, 0.4) is 0 Å². The number of rotatable bonds is 4.